The van der Waals surface area contributed by atoms with Gasteiger partial charge in [0.05, 0.1) is 19.3 Å². The summed E-state index contributed by atoms with van der Waals surface area (Å²) in [5.41, 5.74) is 5.55. The van der Waals surface area contributed by atoms with Crippen molar-refractivity contribution in [3.63, 3.8) is 0 Å². The van der Waals surface area contributed by atoms with E-state index in [0.29, 0.717) is 0 Å². The second-order valence-electron chi connectivity index (χ2n) is 5.61. The molecular weight excluding hydrogens is 354 g/mol. The summed E-state index contributed by atoms with van der Waals surface area (Å²) in [6.45, 7) is -1.26. The van der Waals surface area contributed by atoms with Crippen LogP contribution in [-0.2, 0) is 14.2 Å². The zero-order valence-corrected chi connectivity index (χ0v) is 13.3. The normalized spacial score (nSPS) is 49.5. The molecule has 0 aliphatic carbocycles. The van der Waals surface area contributed by atoms with Crippen molar-refractivity contribution in [1.82, 2.24) is 0 Å². The van der Waals surface area contributed by atoms with E-state index in [9.17, 15) is 30.6 Å². The maximum absolute atomic E-state index is 10.1. The molecule has 2 saturated heterocycles. The van der Waals surface area contributed by atoms with Crippen LogP contribution in [0.5, 0.6) is 0 Å². The summed E-state index contributed by atoms with van der Waals surface area (Å²) in [7, 11) is 0. The van der Waals surface area contributed by atoms with Gasteiger partial charge >= 0.3 is 0 Å². The second-order valence-corrected chi connectivity index (χ2v) is 5.61. The minimum absolute atomic E-state index is 0. The molecule has 11 nitrogen and oxygen atoms in total. The second kappa shape index (κ2) is 8.98. The van der Waals surface area contributed by atoms with Crippen molar-refractivity contribution >= 4 is 12.4 Å². The number of ether oxygens (including phenoxy) is 3. The summed E-state index contributed by atoms with van der Waals surface area (Å²) < 4.78 is 15.5. The highest BCUT2D eigenvalue weighted by molar-refractivity contribution is 5.85. The van der Waals surface area contributed by atoms with Crippen LogP contribution < -0.4 is 5.73 Å². The van der Waals surface area contributed by atoms with Crippen LogP contribution in [0.4, 0.5) is 0 Å². The largest absolute Gasteiger partial charge is 0.394 e. The molecule has 24 heavy (non-hydrogen) atoms. The van der Waals surface area contributed by atoms with E-state index in [0.717, 1.165) is 0 Å². The lowest BCUT2D eigenvalue weighted by Gasteiger charge is -2.45. The quantitative estimate of drug-likeness (QED) is 0.233. The van der Waals surface area contributed by atoms with Crippen molar-refractivity contribution in [3.8, 4) is 0 Å². The predicted octanol–water partition coefficient (Wildman–Crippen LogP) is -5.01. The van der Waals surface area contributed by atoms with Crippen LogP contribution in [0.15, 0.2) is 0 Å². The fraction of sp³-hybridized carbons (Fsp3) is 1.00. The third kappa shape index (κ3) is 4.15. The van der Waals surface area contributed by atoms with Crippen molar-refractivity contribution in [2.45, 2.75) is 61.3 Å². The van der Waals surface area contributed by atoms with Gasteiger partial charge < -0.3 is 55.7 Å². The van der Waals surface area contributed by atoms with Gasteiger partial charge in [0.1, 0.15) is 42.7 Å². The lowest BCUT2D eigenvalue weighted by Crippen LogP contribution is -2.66. The molecule has 0 aromatic heterocycles. The monoisotopic (exact) mass is 377 g/mol. The molecule has 0 amide bonds. The molecule has 0 aromatic carbocycles. The molecule has 2 heterocycles. The fourth-order valence-electron chi connectivity index (χ4n) is 2.60. The Hall–Kier alpha value is -0.150. The molecule has 2 aliphatic heterocycles. The maximum atomic E-state index is 10.1. The molecular formula is C12H24ClNO10. The van der Waals surface area contributed by atoms with E-state index in [4.69, 9.17) is 25.1 Å². The maximum Gasteiger partial charge on any atom is 0.187 e. The first kappa shape index (κ1) is 21.9. The zero-order valence-electron chi connectivity index (χ0n) is 12.5. The highest BCUT2D eigenvalue weighted by Gasteiger charge is 2.49. The van der Waals surface area contributed by atoms with Gasteiger partial charge in [0.15, 0.2) is 12.6 Å². The lowest BCUT2D eigenvalue weighted by atomic mass is 9.96. The summed E-state index contributed by atoms with van der Waals surface area (Å²) in [4.78, 5) is 0. The Morgan fingerprint density at radius 3 is 1.92 bits per heavy atom. The van der Waals surface area contributed by atoms with Gasteiger partial charge in [-0.05, 0) is 0 Å². The van der Waals surface area contributed by atoms with Gasteiger partial charge in [-0.3, -0.25) is 0 Å². The first-order chi connectivity index (χ1) is 10.8. The lowest BCUT2D eigenvalue weighted by molar-refractivity contribution is -0.344. The summed E-state index contributed by atoms with van der Waals surface area (Å²) in [6.07, 6.45) is -13.0. The van der Waals surface area contributed by atoms with Crippen molar-refractivity contribution in [2.75, 3.05) is 13.2 Å². The number of hydrogen-bond donors (Lipinski definition) is 8. The van der Waals surface area contributed by atoms with Crippen LogP contribution in [0.1, 0.15) is 0 Å². The summed E-state index contributed by atoms with van der Waals surface area (Å²) in [5, 5.41) is 67.3. The molecule has 0 spiro atoms. The predicted molar refractivity (Wildman–Crippen MR) is 77.8 cm³/mol. The Bertz CT molecular complexity index is 389. The van der Waals surface area contributed by atoms with Crippen molar-refractivity contribution in [1.29, 1.82) is 0 Å². The smallest absolute Gasteiger partial charge is 0.187 e. The third-order valence-electron chi connectivity index (χ3n) is 4.06. The zero-order chi connectivity index (χ0) is 17.3. The highest BCUT2D eigenvalue weighted by Crippen LogP contribution is 2.27. The van der Waals surface area contributed by atoms with Gasteiger partial charge in [-0.1, -0.05) is 0 Å². The average Bonchev–Trinajstić information content (AvgIpc) is 2.55. The number of rotatable bonds is 4. The van der Waals surface area contributed by atoms with Gasteiger partial charge in [0, 0.05) is 0 Å². The Kier molecular flexibility index (Phi) is 8.19. The van der Waals surface area contributed by atoms with E-state index < -0.39 is 74.6 Å². The average molecular weight is 378 g/mol. The van der Waals surface area contributed by atoms with Crippen molar-refractivity contribution in [2.24, 2.45) is 5.73 Å². The molecule has 2 aliphatic rings. The van der Waals surface area contributed by atoms with E-state index >= 15 is 0 Å². The van der Waals surface area contributed by atoms with Crippen LogP contribution >= 0.6 is 12.4 Å². The topological polar surface area (TPSA) is 195 Å². The number of nitrogens with two attached hydrogens (primary N) is 1. The molecule has 0 aromatic rings. The van der Waals surface area contributed by atoms with E-state index in [1.807, 2.05) is 0 Å². The summed E-state index contributed by atoms with van der Waals surface area (Å²) in [6, 6.07) is -1.23. The molecule has 0 bridgehead atoms. The molecule has 2 rings (SSSR count). The first-order valence-electron chi connectivity index (χ1n) is 7.15. The molecule has 0 saturated carbocycles. The Morgan fingerprint density at radius 2 is 1.38 bits per heavy atom. The molecule has 0 radical (unpaired) electrons. The molecule has 144 valence electrons. The standard InChI is InChI=1S/C12H23NO10.ClH/c13-5-7(17)10(4(2-15)21-11(5)20)23-12-9(19)8(18)6(16)3(1-14)22-12;/h3-12,14-20H,1-2,13H2;1H/t3-,4-,5-,6+,7-,8+,9-,10-,11+,12+;/m1./s1. The van der Waals surface area contributed by atoms with Gasteiger partial charge in [-0.15, -0.1) is 12.4 Å². The van der Waals surface area contributed by atoms with Crippen LogP contribution in [0.25, 0.3) is 0 Å². The summed E-state index contributed by atoms with van der Waals surface area (Å²) >= 11 is 0. The minimum Gasteiger partial charge on any atom is -0.394 e. The Labute approximate surface area is 143 Å². The van der Waals surface area contributed by atoms with Gasteiger partial charge in [-0.2, -0.15) is 0 Å². The molecule has 9 N–H and O–H groups in total. The fourth-order valence-corrected chi connectivity index (χ4v) is 2.60. The number of aliphatic hydroxyl groups excluding tert-OH is 7. The highest BCUT2D eigenvalue weighted by atomic mass is 35.5. The Morgan fingerprint density at radius 1 is 0.792 bits per heavy atom. The van der Waals surface area contributed by atoms with Gasteiger partial charge in [-0.25, -0.2) is 0 Å². The van der Waals surface area contributed by atoms with Crippen LogP contribution in [-0.4, -0.2) is 110 Å². The van der Waals surface area contributed by atoms with Gasteiger partial charge in [0.2, 0.25) is 0 Å². The van der Waals surface area contributed by atoms with E-state index in [1.165, 1.54) is 0 Å². The summed E-state index contributed by atoms with van der Waals surface area (Å²) in [5.74, 6) is 0. The third-order valence-corrected chi connectivity index (χ3v) is 4.06. The van der Waals surface area contributed by atoms with Gasteiger partial charge in [0.25, 0.3) is 0 Å². The van der Waals surface area contributed by atoms with E-state index in [2.05, 4.69) is 0 Å². The SMILES string of the molecule is Cl.N[C@@H]1[C@@H](O)[C@H](O[C@@H]2O[C@H](CO)[C@H](O)[C@H](O)[C@H]2O)[C@@H](CO)O[C@@H]1O. The first-order valence-corrected chi connectivity index (χ1v) is 7.15. The number of hydrogen-bond acceptors (Lipinski definition) is 11. The van der Waals surface area contributed by atoms with Crippen molar-refractivity contribution in [3.05, 3.63) is 0 Å². The van der Waals surface area contributed by atoms with Crippen molar-refractivity contribution < 1.29 is 50.0 Å². The Balaban J connectivity index is 0.00000288. The molecule has 12 heteroatoms. The minimum atomic E-state index is -1.68. The van der Waals surface area contributed by atoms with Crippen LogP contribution in [0.3, 0.4) is 0 Å². The molecule has 10 atom stereocenters. The molecule has 2 fully saturated rings. The van der Waals surface area contributed by atoms with E-state index in [-0.39, 0.29) is 12.4 Å². The van der Waals surface area contributed by atoms with Crippen LogP contribution in [0.2, 0.25) is 0 Å². The number of aliphatic hydroxyl groups is 7. The molecule has 0 unspecified atom stereocenters. The number of halogens is 1. The van der Waals surface area contributed by atoms with E-state index in [1.54, 1.807) is 0 Å². The van der Waals surface area contributed by atoms with Crippen LogP contribution in [0, 0.1) is 0 Å².